The summed E-state index contributed by atoms with van der Waals surface area (Å²) in [6, 6.07) is 8.22. The number of aliphatic hydroxyl groups is 1. The van der Waals surface area contributed by atoms with Crippen LogP contribution in [0, 0.1) is 9.49 Å². The number of alkyl halides is 1. The van der Waals surface area contributed by atoms with Crippen LogP contribution in [-0.2, 0) is 0 Å². The van der Waals surface area contributed by atoms with Gasteiger partial charge < -0.3 is 0 Å². The number of hydrogen-bond acceptors (Lipinski definition) is 3. The van der Waals surface area contributed by atoms with Gasteiger partial charge >= 0.3 is 132 Å². The zero-order chi connectivity index (χ0) is 14.6. The molecular weight excluding hydrogens is 365 g/mol. The van der Waals surface area contributed by atoms with Gasteiger partial charge in [0.05, 0.1) is 0 Å². The summed E-state index contributed by atoms with van der Waals surface area (Å²) in [5.41, 5.74) is 0. The van der Waals surface area contributed by atoms with Crippen LogP contribution in [0.1, 0.15) is 25.7 Å². The Morgan fingerprint density at radius 3 is 2.90 bits per heavy atom. The molecule has 1 aromatic rings. The van der Waals surface area contributed by atoms with Crippen LogP contribution in [0.25, 0.3) is 0 Å². The first-order valence-electron chi connectivity index (χ1n) is 7.20. The average Bonchev–Trinajstić information content (AvgIpc) is 2.41. The molecule has 0 unspecified atom stereocenters. The number of methoxy groups -OCH3 is 1. The topological polar surface area (TPSA) is 32.7 Å². The molecule has 0 aromatic heterocycles. The van der Waals surface area contributed by atoms with E-state index in [1.807, 2.05) is 12.1 Å². The summed E-state index contributed by atoms with van der Waals surface area (Å²) in [7, 11) is 5.89. The Bertz CT molecular complexity index is 438. The third kappa shape index (κ3) is 4.09. The van der Waals surface area contributed by atoms with Crippen LogP contribution in [0.2, 0.25) is 0 Å². The van der Waals surface area contributed by atoms with Gasteiger partial charge in [-0.25, -0.2) is 0 Å². The molecule has 1 aromatic carbocycles. The fourth-order valence-electron chi connectivity index (χ4n) is 2.83. The first-order valence-corrected chi connectivity index (χ1v) is 9.36. The van der Waals surface area contributed by atoms with E-state index < -0.39 is 24.8 Å². The van der Waals surface area contributed by atoms with E-state index >= 15 is 0 Å². The van der Waals surface area contributed by atoms with Gasteiger partial charge in [-0.3, -0.25) is 0 Å². The van der Waals surface area contributed by atoms with Gasteiger partial charge in [-0.1, -0.05) is 0 Å². The standard InChI is InChI=1S/C16H25INO2/c1-18(2)12-13-7-4-5-10-16(13,19)17-14-8-6-9-15(11-14)20-3/h6,8-9,11,13,19H,4-5,7,10,12H2,1-3H3/q-1/t13-,16-/m1/s1. The molecule has 0 bridgehead atoms. The molecule has 1 N–H and O–H groups in total. The summed E-state index contributed by atoms with van der Waals surface area (Å²) < 4.78 is 6.11. The van der Waals surface area contributed by atoms with Gasteiger partial charge in [-0.15, -0.1) is 0 Å². The molecule has 0 heterocycles. The Morgan fingerprint density at radius 2 is 2.20 bits per heavy atom. The monoisotopic (exact) mass is 390 g/mol. The molecule has 0 amide bonds. The summed E-state index contributed by atoms with van der Waals surface area (Å²) >= 11 is -0.424. The van der Waals surface area contributed by atoms with Crippen LogP contribution in [0.3, 0.4) is 0 Å². The van der Waals surface area contributed by atoms with Crippen molar-refractivity contribution in [1.29, 1.82) is 0 Å². The first-order chi connectivity index (χ1) is 9.53. The molecule has 1 aliphatic rings. The van der Waals surface area contributed by atoms with E-state index in [1.54, 1.807) is 7.11 Å². The van der Waals surface area contributed by atoms with E-state index in [0.29, 0.717) is 5.92 Å². The normalized spacial score (nSPS) is 26.9. The number of ether oxygens (including phenoxy) is 1. The average molecular weight is 390 g/mol. The van der Waals surface area contributed by atoms with Crippen LogP contribution in [0.4, 0.5) is 0 Å². The van der Waals surface area contributed by atoms with Crippen LogP contribution in [-0.4, -0.2) is 41.4 Å². The number of benzene rings is 1. The van der Waals surface area contributed by atoms with Crippen LogP contribution >= 0.6 is 0 Å². The maximum absolute atomic E-state index is 11.2. The van der Waals surface area contributed by atoms with Crippen molar-refractivity contribution >= 4 is 0 Å². The molecule has 1 saturated carbocycles. The van der Waals surface area contributed by atoms with Gasteiger partial charge in [0.25, 0.3) is 0 Å². The van der Waals surface area contributed by atoms with Gasteiger partial charge in [0.15, 0.2) is 0 Å². The second-order valence-electron chi connectivity index (χ2n) is 5.78. The van der Waals surface area contributed by atoms with Crippen LogP contribution in [0.5, 0.6) is 5.75 Å². The molecule has 2 atom stereocenters. The maximum atomic E-state index is 11.2. The molecule has 1 aliphatic carbocycles. The quantitative estimate of drug-likeness (QED) is 0.538. The predicted molar refractivity (Wildman–Crippen MR) is 77.2 cm³/mol. The Kier molecular flexibility index (Phi) is 5.69. The molecule has 0 spiro atoms. The van der Waals surface area contributed by atoms with Gasteiger partial charge in [-0.05, 0) is 0 Å². The van der Waals surface area contributed by atoms with Gasteiger partial charge in [-0.2, -0.15) is 0 Å². The summed E-state index contributed by atoms with van der Waals surface area (Å²) in [5, 5.41) is 11.2. The summed E-state index contributed by atoms with van der Waals surface area (Å²) in [5.74, 6) is 1.30. The Morgan fingerprint density at radius 1 is 1.40 bits per heavy atom. The number of rotatable bonds is 5. The van der Waals surface area contributed by atoms with E-state index in [4.69, 9.17) is 4.74 Å². The third-order valence-corrected chi connectivity index (χ3v) is 7.49. The molecule has 20 heavy (non-hydrogen) atoms. The van der Waals surface area contributed by atoms with Crippen molar-refractivity contribution < 1.29 is 31.0 Å². The summed E-state index contributed by atoms with van der Waals surface area (Å²) in [6.45, 7) is 0.986. The zero-order valence-corrected chi connectivity index (χ0v) is 14.8. The zero-order valence-electron chi connectivity index (χ0n) is 12.6. The first kappa shape index (κ1) is 16.0. The molecule has 2 rings (SSSR count). The van der Waals surface area contributed by atoms with Crippen molar-refractivity contribution in [3.63, 3.8) is 0 Å². The minimum absolute atomic E-state index is 0.408. The molecule has 0 radical (unpaired) electrons. The molecule has 114 valence electrons. The van der Waals surface area contributed by atoms with Gasteiger partial charge in [0.2, 0.25) is 0 Å². The van der Waals surface area contributed by atoms with Gasteiger partial charge in [0.1, 0.15) is 0 Å². The van der Waals surface area contributed by atoms with Crippen LogP contribution in [0.15, 0.2) is 24.3 Å². The van der Waals surface area contributed by atoms with Crippen molar-refractivity contribution in [2.24, 2.45) is 5.92 Å². The summed E-state index contributed by atoms with van der Waals surface area (Å²) in [6.07, 6.45) is 4.52. The van der Waals surface area contributed by atoms with Crippen molar-refractivity contribution in [3.05, 3.63) is 27.8 Å². The van der Waals surface area contributed by atoms with Crippen LogP contribution < -0.4 is 25.9 Å². The Labute approximate surface area is 132 Å². The van der Waals surface area contributed by atoms with E-state index in [9.17, 15) is 5.11 Å². The SMILES string of the molecule is COc1cccc([I-][C@@]2(O)CCCC[C@@H]2CN(C)C)c1. The number of nitrogens with zero attached hydrogens (tertiary/aromatic N) is 1. The molecule has 1 fully saturated rings. The Balaban J connectivity index is 2.13. The van der Waals surface area contributed by atoms with E-state index in [0.717, 1.165) is 31.6 Å². The van der Waals surface area contributed by atoms with E-state index in [-0.39, 0.29) is 0 Å². The third-order valence-electron chi connectivity index (χ3n) is 3.85. The molecule has 3 nitrogen and oxygen atoms in total. The van der Waals surface area contributed by atoms with Crippen molar-refractivity contribution in [2.75, 3.05) is 27.7 Å². The van der Waals surface area contributed by atoms with Crippen molar-refractivity contribution in [3.8, 4) is 5.75 Å². The van der Waals surface area contributed by atoms with Gasteiger partial charge in [0, 0.05) is 0 Å². The minimum atomic E-state index is -0.465. The fourth-order valence-corrected chi connectivity index (χ4v) is 6.36. The molecule has 0 saturated heterocycles. The van der Waals surface area contributed by atoms with E-state index in [1.165, 1.54) is 9.99 Å². The van der Waals surface area contributed by atoms with E-state index in [2.05, 4.69) is 31.1 Å². The second-order valence-corrected chi connectivity index (χ2v) is 9.43. The second kappa shape index (κ2) is 7.09. The van der Waals surface area contributed by atoms with Crippen molar-refractivity contribution in [1.82, 2.24) is 4.90 Å². The Hall–Kier alpha value is -0.330. The number of halogens is 1. The summed E-state index contributed by atoms with van der Waals surface area (Å²) in [4.78, 5) is 2.20. The molecule has 0 aliphatic heterocycles. The van der Waals surface area contributed by atoms with Crippen molar-refractivity contribution in [2.45, 2.75) is 29.3 Å². The molecule has 4 heteroatoms. The predicted octanol–water partition coefficient (Wildman–Crippen LogP) is -0.606. The fraction of sp³-hybridized carbons (Fsp3) is 0.625. The number of hydrogen-bond donors (Lipinski definition) is 1. The molecular formula is C16H25INO2-.